The summed E-state index contributed by atoms with van der Waals surface area (Å²) in [6.45, 7) is 0.516. The summed E-state index contributed by atoms with van der Waals surface area (Å²) < 4.78 is 0. The van der Waals surface area contributed by atoms with Gasteiger partial charge in [0.1, 0.15) is 0 Å². The van der Waals surface area contributed by atoms with Crippen molar-refractivity contribution in [3.8, 4) is 0 Å². The zero-order chi connectivity index (χ0) is 15.4. The number of carbonyl (C=O) groups excluding carboxylic acids is 2. The first-order valence-corrected chi connectivity index (χ1v) is 8.34. The molecule has 1 atom stereocenters. The van der Waals surface area contributed by atoms with Gasteiger partial charge in [-0.05, 0) is 24.8 Å². The standard InChI is InChI=1S/C16H17N3O2S/c20-14(17-9-11-5-2-1-3-6-11)10-22-15-12-7-4-8-13(12)18-16(21)19-15/h1-3,5-6,12H,4,7-10H2,(H,17,20). The molecule has 0 saturated heterocycles. The number of urea groups is 1. The van der Waals surface area contributed by atoms with Crippen LogP contribution in [0.15, 0.2) is 40.3 Å². The Morgan fingerprint density at radius 1 is 1.27 bits per heavy atom. The Hall–Kier alpha value is -1.95. The van der Waals surface area contributed by atoms with Crippen LogP contribution in [-0.2, 0) is 11.3 Å². The average molecular weight is 315 g/mol. The largest absolute Gasteiger partial charge is 0.367 e. The number of aliphatic imine (C=N–C) groups is 2. The van der Waals surface area contributed by atoms with Crippen LogP contribution in [0.3, 0.4) is 0 Å². The zero-order valence-corrected chi connectivity index (χ0v) is 12.9. The Kier molecular flexibility index (Phi) is 4.68. The fraction of sp³-hybridized carbons (Fsp3) is 0.375. The monoisotopic (exact) mass is 315 g/mol. The van der Waals surface area contributed by atoms with E-state index in [-0.39, 0.29) is 17.6 Å². The minimum absolute atomic E-state index is 0.0499. The molecule has 3 rings (SSSR count). The maximum Gasteiger partial charge on any atom is 0.367 e. The van der Waals surface area contributed by atoms with Crippen LogP contribution < -0.4 is 5.32 Å². The van der Waals surface area contributed by atoms with Crippen LogP contribution in [0.4, 0.5) is 4.79 Å². The average Bonchev–Trinajstić information content (AvgIpc) is 3.00. The molecule has 1 aromatic rings. The number of thioether (sulfide) groups is 1. The molecule has 22 heavy (non-hydrogen) atoms. The van der Waals surface area contributed by atoms with Crippen molar-refractivity contribution in [1.82, 2.24) is 5.32 Å². The van der Waals surface area contributed by atoms with Crippen LogP contribution in [0.25, 0.3) is 0 Å². The van der Waals surface area contributed by atoms with Crippen molar-refractivity contribution in [2.75, 3.05) is 5.75 Å². The maximum atomic E-state index is 11.9. The highest BCUT2D eigenvalue weighted by Gasteiger charge is 2.32. The molecular weight excluding hydrogens is 298 g/mol. The first-order chi connectivity index (χ1) is 10.7. The van der Waals surface area contributed by atoms with Gasteiger partial charge in [-0.2, -0.15) is 4.99 Å². The molecule has 0 radical (unpaired) electrons. The molecule has 1 aromatic carbocycles. The zero-order valence-electron chi connectivity index (χ0n) is 12.1. The van der Waals surface area contributed by atoms with Crippen LogP contribution in [0.5, 0.6) is 0 Å². The van der Waals surface area contributed by atoms with Crippen molar-refractivity contribution < 1.29 is 9.59 Å². The van der Waals surface area contributed by atoms with Gasteiger partial charge in [0, 0.05) is 18.2 Å². The molecule has 0 bridgehead atoms. The molecule has 1 aliphatic heterocycles. The van der Waals surface area contributed by atoms with E-state index >= 15 is 0 Å². The summed E-state index contributed by atoms with van der Waals surface area (Å²) in [7, 11) is 0. The van der Waals surface area contributed by atoms with E-state index in [0.29, 0.717) is 6.54 Å². The van der Waals surface area contributed by atoms with Gasteiger partial charge in [-0.15, -0.1) is 11.8 Å². The summed E-state index contributed by atoms with van der Waals surface area (Å²) in [5, 5.41) is 3.63. The van der Waals surface area contributed by atoms with Gasteiger partial charge in [-0.1, -0.05) is 30.3 Å². The summed E-state index contributed by atoms with van der Waals surface area (Å²) in [6.07, 6.45) is 2.89. The number of nitrogens with one attached hydrogen (secondary N) is 1. The lowest BCUT2D eigenvalue weighted by molar-refractivity contribution is -0.118. The SMILES string of the molecule is O=C1N=C2CCCC2C(SCC(=O)NCc2ccccc2)=N1. The molecule has 1 N–H and O–H groups in total. The van der Waals surface area contributed by atoms with Crippen LogP contribution in [0.2, 0.25) is 0 Å². The molecule has 3 amide bonds. The fourth-order valence-corrected chi connectivity index (χ4v) is 3.65. The summed E-state index contributed by atoms with van der Waals surface area (Å²) in [5.74, 6) is 0.388. The highest BCUT2D eigenvalue weighted by molar-refractivity contribution is 8.14. The minimum atomic E-state index is -0.430. The summed E-state index contributed by atoms with van der Waals surface area (Å²) in [4.78, 5) is 31.4. The van der Waals surface area contributed by atoms with Crippen molar-refractivity contribution in [3.05, 3.63) is 35.9 Å². The number of nitrogens with zero attached hydrogens (tertiary/aromatic N) is 2. The topological polar surface area (TPSA) is 70.9 Å². The lowest BCUT2D eigenvalue weighted by Crippen LogP contribution is -2.28. The molecule has 1 fully saturated rings. The van der Waals surface area contributed by atoms with Gasteiger partial charge >= 0.3 is 6.03 Å². The number of amides is 3. The van der Waals surface area contributed by atoms with Gasteiger partial charge in [0.25, 0.3) is 0 Å². The Bertz CT molecular complexity index is 640. The molecule has 1 heterocycles. The van der Waals surface area contributed by atoms with Crippen LogP contribution in [-0.4, -0.2) is 28.4 Å². The van der Waals surface area contributed by atoms with Crippen LogP contribution in [0.1, 0.15) is 24.8 Å². The quantitative estimate of drug-likeness (QED) is 0.928. The van der Waals surface area contributed by atoms with Gasteiger partial charge in [0.15, 0.2) is 0 Å². The Balaban J connectivity index is 1.50. The third-order valence-corrected chi connectivity index (χ3v) is 4.83. The summed E-state index contributed by atoms with van der Waals surface area (Å²) in [6, 6.07) is 9.34. The van der Waals surface area contributed by atoms with E-state index < -0.39 is 6.03 Å². The van der Waals surface area contributed by atoms with E-state index in [4.69, 9.17) is 0 Å². The van der Waals surface area contributed by atoms with Crippen LogP contribution in [0, 0.1) is 5.92 Å². The van der Waals surface area contributed by atoms with E-state index in [1.165, 1.54) is 11.8 Å². The fourth-order valence-electron chi connectivity index (χ4n) is 2.67. The first kappa shape index (κ1) is 15.0. The molecule has 5 nitrogen and oxygen atoms in total. The van der Waals surface area contributed by atoms with E-state index in [2.05, 4.69) is 15.3 Å². The Morgan fingerprint density at radius 2 is 2.09 bits per heavy atom. The van der Waals surface area contributed by atoms with Crippen molar-refractivity contribution >= 4 is 34.5 Å². The van der Waals surface area contributed by atoms with Crippen molar-refractivity contribution in [2.24, 2.45) is 15.9 Å². The second-order valence-corrected chi connectivity index (χ2v) is 6.33. The van der Waals surface area contributed by atoms with Gasteiger partial charge < -0.3 is 5.32 Å². The third-order valence-electron chi connectivity index (χ3n) is 3.75. The predicted octanol–water partition coefficient (Wildman–Crippen LogP) is 2.81. The molecule has 0 aromatic heterocycles. The molecule has 1 saturated carbocycles. The normalized spacial score (nSPS) is 20.2. The smallest absolute Gasteiger partial charge is 0.351 e. The van der Waals surface area contributed by atoms with E-state index in [1.54, 1.807) is 0 Å². The van der Waals surface area contributed by atoms with Crippen molar-refractivity contribution in [2.45, 2.75) is 25.8 Å². The van der Waals surface area contributed by atoms with E-state index in [1.807, 2.05) is 30.3 Å². The highest BCUT2D eigenvalue weighted by atomic mass is 32.2. The van der Waals surface area contributed by atoms with Crippen LogP contribution >= 0.6 is 11.8 Å². The van der Waals surface area contributed by atoms with Crippen molar-refractivity contribution in [1.29, 1.82) is 0 Å². The number of benzene rings is 1. The number of carbonyl (C=O) groups is 2. The Labute approximate surface area is 133 Å². The lowest BCUT2D eigenvalue weighted by Gasteiger charge is -2.16. The molecule has 6 heteroatoms. The number of rotatable bonds is 4. The molecule has 1 unspecified atom stereocenters. The second kappa shape index (κ2) is 6.87. The van der Waals surface area contributed by atoms with Gasteiger partial charge in [-0.25, -0.2) is 9.79 Å². The first-order valence-electron chi connectivity index (χ1n) is 7.36. The Morgan fingerprint density at radius 3 is 2.91 bits per heavy atom. The number of hydrogen-bond acceptors (Lipinski definition) is 3. The second-order valence-electron chi connectivity index (χ2n) is 5.33. The number of fused-ring (bicyclic) bond motifs is 1. The van der Waals surface area contributed by atoms with Crippen molar-refractivity contribution in [3.63, 3.8) is 0 Å². The molecule has 0 spiro atoms. The van der Waals surface area contributed by atoms with Gasteiger partial charge in [0.05, 0.1) is 10.8 Å². The summed E-state index contributed by atoms with van der Waals surface area (Å²) in [5.41, 5.74) is 2.00. The molecule has 1 aliphatic carbocycles. The van der Waals surface area contributed by atoms with E-state index in [0.717, 1.165) is 35.6 Å². The number of hydrogen-bond donors (Lipinski definition) is 1. The van der Waals surface area contributed by atoms with Gasteiger partial charge in [0.2, 0.25) is 5.91 Å². The van der Waals surface area contributed by atoms with Gasteiger partial charge in [-0.3, -0.25) is 4.79 Å². The molecule has 2 aliphatic rings. The minimum Gasteiger partial charge on any atom is -0.351 e. The molecular formula is C16H17N3O2S. The highest BCUT2D eigenvalue weighted by Crippen LogP contribution is 2.31. The van der Waals surface area contributed by atoms with E-state index in [9.17, 15) is 9.59 Å². The summed E-state index contributed by atoms with van der Waals surface area (Å²) >= 11 is 1.36. The lowest BCUT2D eigenvalue weighted by atomic mass is 10.1. The molecule has 114 valence electrons. The maximum absolute atomic E-state index is 11.9. The third kappa shape index (κ3) is 3.62. The predicted molar refractivity (Wildman–Crippen MR) is 88.4 cm³/mol.